The van der Waals surface area contributed by atoms with E-state index in [4.69, 9.17) is 17.3 Å². The van der Waals surface area contributed by atoms with Gasteiger partial charge in [-0.1, -0.05) is 40.8 Å². The maximum absolute atomic E-state index is 6.26. The van der Waals surface area contributed by atoms with Crippen LogP contribution in [-0.2, 0) is 6.42 Å². The van der Waals surface area contributed by atoms with E-state index in [0.29, 0.717) is 0 Å². The van der Waals surface area contributed by atoms with Crippen LogP contribution in [0.25, 0.3) is 0 Å². The normalized spacial score (nSPS) is 12.7. The molecule has 0 aliphatic rings. The van der Waals surface area contributed by atoms with Crippen molar-refractivity contribution in [3.63, 3.8) is 0 Å². The average molecular weight is 300 g/mol. The Labute approximate surface area is 120 Å². The summed E-state index contributed by atoms with van der Waals surface area (Å²) in [7, 11) is 0. The maximum Gasteiger partial charge on any atom is 0.179 e. The Morgan fingerprint density at radius 2 is 2.22 bits per heavy atom. The van der Waals surface area contributed by atoms with Gasteiger partial charge in [0.05, 0.1) is 5.02 Å². The van der Waals surface area contributed by atoms with Crippen molar-refractivity contribution in [1.82, 2.24) is 10.2 Å². The van der Waals surface area contributed by atoms with Crippen molar-refractivity contribution >= 4 is 34.7 Å². The van der Waals surface area contributed by atoms with Gasteiger partial charge in [0.2, 0.25) is 0 Å². The van der Waals surface area contributed by atoms with E-state index in [-0.39, 0.29) is 6.04 Å². The predicted molar refractivity (Wildman–Crippen MR) is 77.6 cm³/mol. The van der Waals surface area contributed by atoms with E-state index in [1.807, 2.05) is 26.0 Å². The molecule has 0 amide bonds. The van der Waals surface area contributed by atoms with Crippen molar-refractivity contribution in [3.8, 4) is 0 Å². The van der Waals surface area contributed by atoms with Crippen molar-refractivity contribution < 1.29 is 0 Å². The van der Waals surface area contributed by atoms with Crippen molar-refractivity contribution in [1.29, 1.82) is 0 Å². The lowest BCUT2D eigenvalue weighted by Gasteiger charge is -2.07. The lowest BCUT2D eigenvalue weighted by atomic mass is 10.1. The first-order valence-electron chi connectivity index (χ1n) is 5.56. The highest BCUT2D eigenvalue weighted by molar-refractivity contribution is 8.01. The summed E-state index contributed by atoms with van der Waals surface area (Å²) in [5, 5.41) is 9.77. The minimum Gasteiger partial charge on any atom is -0.328 e. The summed E-state index contributed by atoms with van der Waals surface area (Å²) >= 11 is 9.38. The van der Waals surface area contributed by atoms with Crippen molar-refractivity contribution in [2.75, 3.05) is 0 Å². The number of hydrogen-bond donors (Lipinski definition) is 1. The summed E-state index contributed by atoms with van der Waals surface area (Å²) < 4.78 is 0.911. The molecule has 96 valence electrons. The monoisotopic (exact) mass is 299 g/mol. The van der Waals surface area contributed by atoms with E-state index in [0.717, 1.165) is 31.2 Å². The first kappa shape index (κ1) is 13.8. The highest BCUT2D eigenvalue weighted by Crippen LogP contribution is 2.35. The highest BCUT2D eigenvalue weighted by Gasteiger charge is 2.08. The number of aromatic nitrogens is 2. The van der Waals surface area contributed by atoms with Gasteiger partial charge in [-0.05, 0) is 38.0 Å². The molecule has 3 nitrogen and oxygen atoms in total. The zero-order chi connectivity index (χ0) is 13.1. The summed E-state index contributed by atoms with van der Waals surface area (Å²) in [5.74, 6) is 0. The van der Waals surface area contributed by atoms with E-state index in [2.05, 4.69) is 16.3 Å². The third kappa shape index (κ3) is 3.68. The zero-order valence-electron chi connectivity index (χ0n) is 10.2. The summed E-state index contributed by atoms with van der Waals surface area (Å²) in [5.41, 5.74) is 6.93. The molecule has 2 N–H and O–H groups in total. The first-order chi connectivity index (χ1) is 8.54. The first-order valence-corrected chi connectivity index (χ1v) is 7.57. The minimum absolute atomic E-state index is 0.144. The van der Waals surface area contributed by atoms with Crippen LogP contribution in [0.5, 0.6) is 0 Å². The van der Waals surface area contributed by atoms with Crippen molar-refractivity contribution in [2.24, 2.45) is 5.73 Å². The topological polar surface area (TPSA) is 51.8 Å². The molecule has 1 unspecified atom stereocenters. The van der Waals surface area contributed by atoms with E-state index in [1.165, 1.54) is 0 Å². The number of aryl methyl sites for hydroxylation is 1. The van der Waals surface area contributed by atoms with Crippen LogP contribution >= 0.6 is 34.7 Å². The summed E-state index contributed by atoms with van der Waals surface area (Å²) in [6.07, 6.45) is 0.836. The molecule has 1 heterocycles. The van der Waals surface area contributed by atoms with Gasteiger partial charge in [-0.25, -0.2) is 0 Å². The van der Waals surface area contributed by atoms with E-state index < -0.39 is 0 Å². The molecule has 18 heavy (non-hydrogen) atoms. The molecule has 2 aromatic rings. The summed E-state index contributed by atoms with van der Waals surface area (Å²) in [4.78, 5) is 1.00. The fourth-order valence-corrected chi connectivity index (χ4v) is 3.63. The molecule has 1 aromatic heterocycles. The Kier molecular flexibility index (Phi) is 4.61. The summed E-state index contributed by atoms with van der Waals surface area (Å²) in [6, 6.07) is 6.19. The molecular formula is C12H14ClN3S2. The molecule has 0 aliphatic carbocycles. The van der Waals surface area contributed by atoms with Gasteiger partial charge in [-0.2, -0.15) is 0 Å². The fraction of sp³-hybridized carbons (Fsp3) is 0.333. The van der Waals surface area contributed by atoms with Crippen molar-refractivity contribution in [2.45, 2.75) is 35.5 Å². The number of rotatable bonds is 4. The van der Waals surface area contributed by atoms with Gasteiger partial charge < -0.3 is 5.73 Å². The smallest absolute Gasteiger partial charge is 0.179 e. The quantitative estimate of drug-likeness (QED) is 0.938. The number of hydrogen-bond acceptors (Lipinski definition) is 5. The van der Waals surface area contributed by atoms with Gasteiger partial charge in [-0.3, -0.25) is 0 Å². The molecule has 6 heteroatoms. The Morgan fingerprint density at radius 3 is 2.78 bits per heavy atom. The molecule has 1 atom stereocenters. The van der Waals surface area contributed by atoms with Crippen LogP contribution in [0.2, 0.25) is 5.02 Å². The van der Waals surface area contributed by atoms with Crippen LogP contribution in [0.1, 0.15) is 17.5 Å². The molecular weight excluding hydrogens is 286 g/mol. The number of nitrogens with zero attached hydrogens (tertiary/aromatic N) is 2. The molecule has 0 saturated carbocycles. The van der Waals surface area contributed by atoms with Crippen molar-refractivity contribution in [3.05, 3.63) is 33.8 Å². The van der Waals surface area contributed by atoms with Crippen LogP contribution in [0.3, 0.4) is 0 Å². The van der Waals surface area contributed by atoms with Gasteiger partial charge in [0.25, 0.3) is 0 Å². The standard InChI is InChI=1S/C12H14ClN3S2/c1-7(14)5-9-3-4-11(10(13)6-9)18-12-16-15-8(2)17-12/h3-4,6-7H,5,14H2,1-2H3. The molecule has 2 rings (SSSR count). The van der Waals surface area contributed by atoms with E-state index in [9.17, 15) is 0 Å². The molecule has 0 bridgehead atoms. The lowest BCUT2D eigenvalue weighted by molar-refractivity contribution is 0.738. The van der Waals surface area contributed by atoms with Crippen LogP contribution in [0.15, 0.2) is 27.4 Å². The zero-order valence-corrected chi connectivity index (χ0v) is 12.6. The number of benzene rings is 1. The third-order valence-corrected chi connectivity index (χ3v) is 4.65. The van der Waals surface area contributed by atoms with Gasteiger partial charge >= 0.3 is 0 Å². The molecule has 0 fully saturated rings. The van der Waals surface area contributed by atoms with Gasteiger partial charge in [-0.15, -0.1) is 10.2 Å². The van der Waals surface area contributed by atoms with Crippen LogP contribution in [0, 0.1) is 6.92 Å². The molecule has 0 aliphatic heterocycles. The van der Waals surface area contributed by atoms with Gasteiger partial charge in [0, 0.05) is 10.9 Å². The van der Waals surface area contributed by atoms with E-state index in [1.54, 1.807) is 23.1 Å². The Bertz CT molecular complexity index is 540. The Morgan fingerprint density at radius 1 is 1.44 bits per heavy atom. The average Bonchev–Trinajstić information content (AvgIpc) is 2.67. The highest BCUT2D eigenvalue weighted by atomic mass is 35.5. The second-order valence-corrected chi connectivity index (χ2v) is 7.01. The second-order valence-electron chi connectivity index (χ2n) is 4.14. The van der Waals surface area contributed by atoms with Gasteiger partial charge in [0.15, 0.2) is 4.34 Å². The second kappa shape index (κ2) is 6.02. The molecule has 0 radical (unpaired) electrons. The number of halogens is 1. The van der Waals surface area contributed by atoms with Crippen LogP contribution < -0.4 is 5.73 Å². The minimum atomic E-state index is 0.144. The van der Waals surface area contributed by atoms with Gasteiger partial charge in [0.1, 0.15) is 5.01 Å². The summed E-state index contributed by atoms with van der Waals surface area (Å²) in [6.45, 7) is 3.93. The van der Waals surface area contributed by atoms with Crippen LogP contribution in [-0.4, -0.2) is 16.2 Å². The maximum atomic E-state index is 6.26. The SMILES string of the molecule is Cc1nnc(Sc2ccc(CC(C)N)cc2Cl)s1. The van der Waals surface area contributed by atoms with Crippen LogP contribution in [0.4, 0.5) is 0 Å². The predicted octanol–water partition coefficient (Wildman–Crippen LogP) is 3.54. The fourth-order valence-electron chi connectivity index (χ4n) is 1.54. The number of nitrogens with two attached hydrogens (primary N) is 1. The Hall–Kier alpha value is -0.620. The lowest BCUT2D eigenvalue weighted by Crippen LogP contribution is -2.17. The third-order valence-electron chi connectivity index (χ3n) is 2.26. The molecule has 0 spiro atoms. The Balaban J connectivity index is 2.14. The largest absolute Gasteiger partial charge is 0.328 e. The van der Waals surface area contributed by atoms with E-state index >= 15 is 0 Å². The molecule has 0 saturated heterocycles. The molecule has 1 aromatic carbocycles.